The molecule has 0 spiro atoms. The smallest absolute Gasteiger partial charge is 0.338 e. The predicted octanol–water partition coefficient (Wildman–Crippen LogP) is 2.72. The van der Waals surface area contributed by atoms with E-state index in [0.717, 1.165) is 25.7 Å². The number of nitrogens with two attached hydrogens (primary N) is 1. The normalized spacial score (nSPS) is 17.7. The number of hydrogen-bond donors (Lipinski definition) is 3. The standard InChI is InChI=1S/C22H25N3O4/c23-14-15-6-8-16(9-7-15)20(24)22(28,21(26)27)13-17-12-19(10-11-25-17)29-18-4-2-1-3-5-18/h6-12,18,20,28H,1-5,13,24H2,(H,26,27)/t20-,22+/m0/s1. The van der Waals surface area contributed by atoms with E-state index in [2.05, 4.69) is 4.98 Å². The molecule has 0 radical (unpaired) electrons. The van der Waals surface area contributed by atoms with E-state index in [1.54, 1.807) is 30.5 Å². The molecule has 7 nitrogen and oxygen atoms in total. The Labute approximate surface area is 169 Å². The van der Waals surface area contributed by atoms with Gasteiger partial charge in [-0.05, 0) is 49.4 Å². The van der Waals surface area contributed by atoms with Crippen molar-refractivity contribution in [2.75, 3.05) is 0 Å². The molecule has 0 unspecified atom stereocenters. The number of nitriles is 1. The van der Waals surface area contributed by atoms with E-state index in [1.165, 1.54) is 18.6 Å². The number of aliphatic hydroxyl groups is 1. The molecule has 0 saturated heterocycles. The van der Waals surface area contributed by atoms with Crippen molar-refractivity contribution in [1.29, 1.82) is 5.26 Å². The van der Waals surface area contributed by atoms with Crippen LogP contribution in [0.25, 0.3) is 0 Å². The van der Waals surface area contributed by atoms with E-state index in [1.807, 2.05) is 6.07 Å². The van der Waals surface area contributed by atoms with Crippen molar-refractivity contribution in [3.05, 3.63) is 59.4 Å². The molecule has 7 heteroatoms. The Balaban J connectivity index is 1.79. The maximum absolute atomic E-state index is 11.9. The summed E-state index contributed by atoms with van der Waals surface area (Å²) in [6, 6.07) is 10.4. The van der Waals surface area contributed by atoms with Gasteiger partial charge in [-0.1, -0.05) is 18.6 Å². The number of ether oxygens (including phenoxy) is 1. The van der Waals surface area contributed by atoms with Gasteiger partial charge in [-0.3, -0.25) is 4.98 Å². The zero-order chi connectivity index (χ0) is 20.9. The lowest BCUT2D eigenvalue weighted by atomic mass is 9.85. The summed E-state index contributed by atoms with van der Waals surface area (Å²) in [7, 11) is 0. The van der Waals surface area contributed by atoms with Gasteiger partial charge < -0.3 is 20.7 Å². The first kappa shape index (κ1) is 20.8. The van der Waals surface area contributed by atoms with Crippen LogP contribution in [-0.2, 0) is 11.2 Å². The van der Waals surface area contributed by atoms with Crippen LogP contribution in [0.5, 0.6) is 5.75 Å². The molecule has 1 aromatic heterocycles. The molecular weight excluding hydrogens is 370 g/mol. The quantitative estimate of drug-likeness (QED) is 0.657. The maximum atomic E-state index is 11.9. The number of aliphatic carboxylic acids is 1. The molecule has 0 bridgehead atoms. The number of nitrogens with zero attached hydrogens (tertiary/aromatic N) is 2. The summed E-state index contributed by atoms with van der Waals surface area (Å²) in [4.78, 5) is 16.1. The summed E-state index contributed by atoms with van der Waals surface area (Å²) < 4.78 is 6.01. The van der Waals surface area contributed by atoms with Crippen LogP contribution in [0, 0.1) is 11.3 Å². The summed E-state index contributed by atoms with van der Waals surface area (Å²) in [5.74, 6) is -0.823. The highest BCUT2D eigenvalue weighted by Gasteiger charge is 2.43. The first-order chi connectivity index (χ1) is 13.9. The van der Waals surface area contributed by atoms with Gasteiger partial charge in [0.15, 0.2) is 5.60 Å². The average molecular weight is 395 g/mol. The van der Waals surface area contributed by atoms with E-state index in [0.29, 0.717) is 22.6 Å². The molecule has 1 aliphatic rings. The summed E-state index contributed by atoms with van der Waals surface area (Å²) in [5.41, 5.74) is 5.10. The van der Waals surface area contributed by atoms with E-state index in [9.17, 15) is 15.0 Å². The lowest BCUT2D eigenvalue weighted by Gasteiger charge is -2.30. The highest BCUT2D eigenvalue weighted by Crippen LogP contribution is 2.29. The van der Waals surface area contributed by atoms with Crippen LogP contribution in [0.15, 0.2) is 42.6 Å². The van der Waals surface area contributed by atoms with Crippen molar-refractivity contribution in [1.82, 2.24) is 4.98 Å². The van der Waals surface area contributed by atoms with Crippen molar-refractivity contribution in [3.63, 3.8) is 0 Å². The first-order valence-electron chi connectivity index (χ1n) is 9.75. The number of carbonyl (C=O) groups is 1. The first-order valence-corrected chi connectivity index (χ1v) is 9.75. The summed E-state index contributed by atoms with van der Waals surface area (Å²) in [5, 5.41) is 29.6. The molecule has 3 rings (SSSR count). The number of pyridine rings is 1. The third kappa shape index (κ3) is 4.91. The largest absolute Gasteiger partial charge is 0.490 e. The van der Waals surface area contributed by atoms with Crippen molar-refractivity contribution in [2.45, 2.75) is 56.3 Å². The van der Waals surface area contributed by atoms with Gasteiger partial charge in [0.1, 0.15) is 5.75 Å². The number of carboxylic acid groups (broad SMARTS) is 1. The molecule has 0 amide bonds. The lowest BCUT2D eigenvalue weighted by molar-refractivity contribution is -0.161. The zero-order valence-electron chi connectivity index (χ0n) is 16.1. The van der Waals surface area contributed by atoms with E-state index < -0.39 is 17.6 Å². The average Bonchev–Trinajstić information content (AvgIpc) is 2.74. The van der Waals surface area contributed by atoms with Gasteiger partial charge in [-0.15, -0.1) is 0 Å². The van der Waals surface area contributed by atoms with Crippen LogP contribution in [0.1, 0.15) is 55.0 Å². The van der Waals surface area contributed by atoms with Crippen LogP contribution in [0.3, 0.4) is 0 Å². The highest BCUT2D eigenvalue weighted by molar-refractivity contribution is 5.79. The van der Waals surface area contributed by atoms with Gasteiger partial charge >= 0.3 is 5.97 Å². The van der Waals surface area contributed by atoms with Gasteiger partial charge in [0, 0.05) is 24.4 Å². The number of aromatic nitrogens is 1. The Morgan fingerprint density at radius 3 is 2.59 bits per heavy atom. The van der Waals surface area contributed by atoms with Crippen molar-refractivity contribution < 1.29 is 19.7 Å². The van der Waals surface area contributed by atoms with Crippen LogP contribution < -0.4 is 10.5 Å². The van der Waals surface area contributed by atoms with Crippen molar-refractivity contribution in [2.24, 2.45) is 5.73 Å². The minimum absolute atomic E-state index is 0.151. The van der Waals surface area contributed by atoms with Gasteiger partial charge in [0.2, 0.25) is 0 Å². The van der Waals surface area contributed by atoms with E-state index >= 15 is 0 Å². The molecule has 1 saturated carbocycles. The van der Waals surface area contributed by atoms with Crippen LogP contribution in [-0.4, -0.2) is 32.9 Å². The molecule has 1 heterocycles. The second-order valence-electron chi connectivity index (χ2n) is 7.48. The predicted molar refractivity (Wildman–Crippen MR) is 106 cm³/mol. The Morgan fingerprint density at radius 1 is 1.28 bits per heavy atom. The molecule has 1 fully saturated rings. The molecular formula is C22H25N3O4. The summed E-state index contributed by atoms with van der Waals surface area (Å²) in [6.45, 7) is 0. The molecule has 2 aromatic rings. The topological polar surface area (TPSA) is 129 Å². The van der Waals surface area contributed by atoms with Crippen molar-refractivity contribution >= 4 is 5.97 Å². The third-order valence-electron chi connectivity index (χ3n) is 5.38. The fourth-order valence-corrected chi connectivity index (χ4v) is 3.64. The van der Waals surface area contributed by atoms with Gasteiger partial charge in [0.25, 0.3) is 0 Å². The molecule has 4 N–H and O–H groups in total. The van der Waals surface area contributed by atoms with Gasteiger partial charge in [-0.25, -0.2) is 4.79 Å². The Kier molecular flexibility index (Phi) is 6.47. The Hall–Kier alpha value is -2.95. The Morgan fingerprint density at radius 2 is 1.97 bits per heavy atom. The van der Waals surface area contributed by atoms with Gasteiger partial charge in [-0.2, -0.15) is 5.26 Å². The molecule has 1 aromatic carbocycles. The minimum atomic E-state index is -2.26. The second-order valence-corrected chi connectivity index (χ2v) is 7.48. The maximum Gasteiger partial charge on any atom is 0.338 e. The van der Waals surface area contributed by atoms with E-state index in [-0.39, 0.29) is 12.5 Å². The fraction of sp³-hybridized carbons (Fsp3) is 0.409. The second kappa shape index (κ2) is 9.03. The third-order valence-corrected chi connectivity index (χ3v) is 5.38. The molecule has 29 heavy (non-hydrogen) atoms. The molecule has 0 aliphatic heterocycles. The van der Waals surface area contributed by atoms with E-state index in [4.69, 9.17) is 15.7 Å². The van der Waals surface area contributed by atoms with Crippen LogP contribution >= 0.6 is 0 Å². The minimum Gasteiger partial charge on any atom is -0.490 e. The SMILES string of the molecule is N#Cc1ccc([C@H](N)[C@](O)(Cc2cc(OC3CCCCC3)ccn2)C(=O)O)cc1. The summed E-state index contributed by atoms with van der Waals surface area (Å²) in [6.07, 6.45) is 6.93. The molecule has 2 atom stereocenters. The molecule has 1 aliphatic carbocycles. The number of benzene rings is 1. The lowest BCUT2D eigenvalue weighted by Crippen LogP contribution is -2.50. The Bertz CT molecular complexity index is 888. The van der Waals surface area contributed by atoms with Crippen molar-refractivity contribution in [3.8, 4) is 11.8 Å². The van der Waals surface area contributed by atoms with Gasteiger partial charge in [0.05, 0.1) is 23.8 Å². The molecule has 152 valence electrons. The fourth-order valence-electron chi connectivity index (χ4n) is 3.64. The summed E-state index contributed by atoms with van der Waals surface area (Å²) >= 11 is 0. The number of carboxylic acids is 1. The number of hydrogen-bond acceptors (Lipinski definition) is 6. The zero-order valence-corrected chi connectivity index (χ0v) is 16.1. The van der Waals surface area contributed by atoms with Crippen LogP contribution in [0.2, 0.25) is 0 Å². The highest BCUT2D eigenvalue weighted by atomic mass is 16.5. The number of rotatable bonds is 7. The van der Waals surface area contributed by atoms with Crippen LogP contribution in [0.4, 0.5) is 0 Å². The monoisotopic (exact) mass is 395 g/mol.